The van der Waals surface area contributed by atoms with Crippen LogP contribution in [0, 0.1) is 0 Å². The second-order valence-electron chi connectivity index (χ2n) is 3.01. The molecule has 0 aromatic carbocycles. The molecule has 72 valence electrons. The van der Waals surface area contributed by atoms with Gasteiger partial charge in [-0.15, -0.1) is 0 Å². The van der Waals surface area contributed by atoms with Crippen molar-refractivity contribution in [2.45, 2.75) is 19.4 Å². The van der Waals surface area contributed by atoms with Gasteiger partial charge >= 0.3 is 0 Å². The third-order valence-electron chi connectivity index (χ3n) is 1.69. The molecule has 0 saturated heterocycles. The molecule has 0 spiro atoms. The number of amides is 1. The van der Waals surface area contributed by atoms with Crippen molar-refractivity contribution in [2.75, 3.05) is 27.2 Å². The molecule has 12 heavy (non-hydrogen) atoms. The number of hydrogen-bond donors (Lipinski definition) is 2. The van der Waals surface area contributed by atoms with Crippen molar-refractivity contribution >= 4 is 5.91 Å². The van der Waals surface area contributed by atoms with E-state index in [9.17, 15) is 4.79 Å². The molecule has 1 unspecified atom stereocenters. The van der Waals surface area contributed by atoms with Gasteiger partial charge in [0, 0.05) is 13.6 Å². The molecule has 0 fully saturated rings. The number of carbonyl (C=O) groups is 1. The molecule has 0 rings (SSSR count). The number of rotatable bonds is 5. The first-order valence-corrected chi connectivity index (χ1v) is 4.24. The van der Waals surface area contributed by atoms with E-state index in [2.05, 4.69) is 5.32 Å². The summed E-state index contributed by atoms with van der Waals surface area (Å²) in [5.74, 6) is 0.00565. The van der Waals surface area contributed by atoms with Crippen molar-refractivity contribution in [2.24, 2.45) is 5.73 Å². The Labute approximate surface area is 74.1 Å². The minimum atomic E-state index is -0.385. The molecule has 0 aromatic rings. The smallest absolute Gasteiger partial charge is 0.238 e. The Hall–Kier alpha value is -0.610. The third kappa shape index (κ3) is 4.31. The van der Waals surface area contributed by atoms with Crippen molar-refractivity contribution in [1.29, 1.82) is 0 Å². The number of carbonyl (C=O) groups excluding carboxylic acids is 1. The lowest BCUT2D eigenvalue weighted by atomic mass is 10.3. The van der Waals surface area contributed by atoms with Crippen LogP contribution in [0.15, 0.2) is 0 Å². The first-order chi connectivity index (χ1) is 5.59. The Kier molecular flexibility index (Phi) is 5.66. The quantitative estimate of drug-likeness (QED) is 0.546. The molecule has 0 aromatic heterocycles. The van der Waals surface area contributed by atoms with Crippen LogP contribution in [0.1, 0.15) is 13.3 Å². The molecule has 0 heterocycles. The monoisotopic (exact) mass is 173 g/mol. The van der Waals surface area contributed by atoms with Gasteiger partial charge in [0.25, 0.3) is 0 Å². The Morgan fingerprint density at radius 1 is 1.67 bits per heavy atom. The highest BCUT2D eigenvalue weighted by molar-refractivity contribution is 5.80. The zero-order valence-corrected chi connectivity index (χ0v) is 8.13. The van der Waals surface area contributed by atoms with Crippen LogP contribution < -0.4 is 11.1 Å². The number of nitrogens with two attached hydrogens (primary N) is 1. The van der Waals surface area contributed by atoms with E-state index in [1.807, 2.05) is 7.05 Å². The van der Waals surface area contributed by atoms with Gasteiger partial charge in [0.2, 0.25) is 5.91 Å². The highest BCUT2D eigenvalue weighted by Crippen LogP contribution is 1.90. The Morgan fingerprint density at radius 2 is 2.25 bits per heavy atom. The lowest BCUT2D eigenvalue weighted by molar-refractivity contribution is -0.130. The van der Waals surface area contributed by atoms with Crippen LogP contribution in [0.4, 0.5) is 0 Å². The van der Waals surface area contributed by atoms with Crippen molar-refractivity contribution in [3.05, 3.63) is 0 Å². The summed E-state index contributed by atoms with van der Waals surface area (Å²) in [6.07, 6.45) is 0.964. The topological polar surface area (TPSA) is 58.4 Å². The van der Waals surface area contributed by atoms with E-state index < -0.39 is 0 Å². The number of hydrogen-bond acceptors (Lipinski definition) is 3. The van der Waals surface area contributed by atoms with Crippen LogP contribution in [0.2, 0.25) is 0 Å². The second-order valence-corrected chi connectivity index (χ2v) is 3.01. The molecule has 3 N–H and O–H groups in total. The van der Waals surface area contributed by atoms with Gasteiger partial charge < -0.3 is 16.0 Å². The average Bonchev–Trinajstić information content (AvgIpc) is 2.03. The summed E-state index contributed by atoms with van der Waals surface area (Å²) in [6, 6.07) is -0.385. The molecule has 0 saturated carbocycles. The molecule has 1 amide bonds. The van der Waals surface area contributed by atoms with E-state index in [1.165, 1.54) is 0 Å². The van der Waals surface area contributed by atoms with E-state index in [0.717, 1.165) is 19.5 Å². The first-order valence-electron chi connectivity index (χ1n) is 4.24. The van der Waals surface area contributed by atoms with E-state index in [0.29, 0.717) is 0 Å². The molecular formula is C8H19N3O. The molecule has 0 aliphatic carbocycles. The van der Waals surface area contributed by atoms with Crippen LogP contribution in [0.25, 0.3) is 0 Å². The summed E-state index contributed by atoms with van der Waals surface area (Å²) in [5.41, 5.74) is 5.43. The van der Waals surface area contributed by atoms with Gasteiger partial charge in [-0.25, -0.2) is 0 Å². The third-order valence-corrected chi connectivity index (χ3v) is 1.69. The summed E-state index contributed by atoms with van der Waals surface area (Å²) >= 11 is 0. The fraction of sp³-hybridized carbons (Fsp3) is 0.875. The van der Waals surface area contributed by atoms with Gasteiger partial charge in [0.15, 0.2) is 0 Å². The maximum absolute atomic E-state index is 11.2. The average molecular weight is 173 g/mol. The second kappa shape index (κ2) is 5.97. The van der Waals surface area contributed by atoms with Crippen molar-refractivity contribution in [3.63, 3.8) is 0 Å². The summed E-state index contributed by atoms with van der Waals surface area (Å²) in [6.45, 7) is 3.40. The van der Waals surface area contributed by atoms with Crippen LogP contribution >= 0.6 is 0 Å². The summed E-state index contributed by atoms with van der Waals surface area (Å²) in [7, 11) is 3.68. The predicted octanol–water partition coefficient (Wildman–Crippen LogP) is -0.598. The number of nitrogens with zero attached hydrogens (tertiary/aromatic N) is 1. The van der Waals surface area contributed by atoms with E-state index in [4.69, 9.17) is 5.73 Å². The van der Waals surface area contributed by atoms with Crippen molar-refractivity contribution < 1.29 is 4.79 Å². The molecule has 4 nitrogen and oxygen atoms in total. The molecule has 4 heteroatoms. The van der Waals surface area contributed by atoms with Crippen molar-refractivity contribution in [3.8, 4) is 0 Å². The standard InChI is InChI=1S/C8H19N3O/c1-7(9)8(12)11(3)6-4-5-10-2/h7,10H,4-6,9H2,1-3H3. The van der Waals surface area contributed by atoms with Gasteiger partial charge in [-0.2, -0.15) is 0 Å². The van der Waals surface area contributed by atoms with Gasteiger partial charge in [-0.3, -0.25) is 4.79 Å². The molecule has 0 aliphatic heterocycles. The zero-order valence-electron chi connectivity index (χ0n) is 8.13. The molecule has 1 atom stereocenters. The van der Waals surface area contributed by atoms with Gasteiger partial charge in [0.1, 0.15) is 0 Å². The highest BCUT2D eigenvalue weighted by atomic mass is 16.2. The summed E-state index contributed by atoms with van der Waals surface area (Å²) in [5, 5.41) is 3.02. The van der Waals surface area contributed by atoms with E-state index >= 15 is 0 Å². The number of nitrogens with one attached hydrogen (secondary N) is 1. The zero-order chi connectivity index (χ0) is 9.56. The van der Waals surface area contributed by atoms with E-state index in [-0.39, 0.29) is 11.9 Å². The van der Waals surface area contributed by atoms with Crippen LogP contribution in [0.5, 0.6) is 0 Å². The highest BCUT2D eigenvalue weighted by Gasteiger charge is 2.11. The maximum Gasteiger partial charge on any atom is 0.238 e. The molecule has 0 aliphatic rings. The summed E-state index contributed by atoms with van der Waals surface area (Å²) < 4.78 is 0. The van der Waals surface area contributed by atoms with E-state index in [1.54, 1.807) is 18.9 Å². The normalized spacial score (nSPS) is 12.7. The number of likely N-dealkylation sites (N-methyl/N-ethyl adjacent to an activating group) is 1. The van der Waals surface area contributed by atoms with Crippen LogP contribution in [-0.2, 0) is 4.79 Å². The van der Waals surface area contributed by atoms with Gasteiger partial charge in [-0.1, -0.05) is 0 Å². The van der Waals surface area contributed by atoms with Gasteiger partial charge in [-0.05, 0) is 26.9 Å². The lowest BCUT2D eigenvalue weighted by Gasteiger charge is -2.18. The fourth-order valence-corrected chi connectivity index (χ4v) is 0.951. The molecular weight excluding hydrogens is 154 g/mol. The minimum Gasteiger partial charge on any atom is -0.344 e. The summed E-state index contributed by atoms with van der Waals surface area (Å²) in [4.78, 5) is 12.9. The fourth-order valence-electron chi connectivity index (χ4n) is 0.951. The SMILES string of the molecule is CNCCCN(C)C(=O)C(C)N. The maximum atomic E-state index is 11.2. The van der Waals surface area contributed by atoms with Crippen molar-refractivity contribution in [1.82, 2.24) is 10.2 Å². The largest absolute Gasteiger partial charge is 0.344 e. The Bertz CT molecular complexity index is 136. The van der Waals surface area contributed by atoms with Crippen LogP contribution in [0.3, 0.4) is 0 Å². The van der Waals surface area contributed by atoms with Crippen LogP contribution in [-0.4, -0.2) is 44.0 Å². The minimum absolute atomic E-state index is 0.00565. The van der Waals surface area contributed by atoms with Gasteiger partial charge in [0.05, 0.1) is 6.04 Å². The Balaban J connectivity index is 3.57. The Morgan fingerprint density at radius 3 is 2.67 bits per heavy atom. The molecule has 0 bridgehead atoms. The first kappa shape index (κ1) is 11.4. The predicted molar refractivity (Wildman–Crippen MR) is 49.8 cm³/mol. The lowest BCUT2D eigenvalue weighted by Crippen LogP contribution is -2.40. The molecule has 0 radical (unpaired) electrons.